The minimum Gasteiger partial charge on any atom is -0.457 e. The molecule has 1 N–H and O–H groups in total. The molecule has 9 heteroatoms. The zero-order chi connectivity index (χ0) is 43.4. The maximum absolute atomic E-state index is 12.7. The third-order valence-electron chi connectivity index (χ3n) is 9.14. The zero-order valence-electron chi connectivity index (χ0n) is 38.2. The van der Waals surface area contributed by atoms with Crippen molar-refractivity contribution in [3.8, 4) is 0 Å². The monoisotopic (exact) mass is 845 g/mol. The second kappa shape index (κ2) is 42.1. The van der Waals surface area contributed by atoms with Gasteiger partial charge in [0.1, 0.15) is 19.3 Å². The quantitative estimate of drug-likeness (QED) is 0.0215. The predicted octanol–water partition coefficient (Wildman–Crippen LogP) is 13.8. The number of hydrogen-bond donors (Lipinski definition) is 1. The van der Waals surface area contributed by atoms with E-state index >= 15 is 0 Å². The number of hydrogen-bond acceptors (Lipinski definition) is 6. The van der Waals surface area contributed by atoms with Crippen LogP contribution in [0, 0.1) is 0 Å². The molecular formula is C50H87NO7P+. The molecule has 2 atom stereocenters. The average molecular weight is 845 g/mol. The van der Waals surface area contributed by atoms with Crippen molar-refractivity contribution in [1.29, 1.82) is 0 Å². The van der Waals surface area contributed by atoms with Gasteiger partial charge in [-0.15, -0.1) is 0 Å². The molecule has 2 unspecified atom stereocenters. The molecule has 0 rings (SSSR count). The Kier molecular flexibility index (Phi) is 40.3. The summed E-state index contributed by atoms with van der Waals surface area (Å²) in [5.74, 6) is -0.338. The molecule has 0 aliphatic rings. The Morgan fingerprint density at radius 1 is 0.525 bits per heavy atom. The summed E-state index contributed by atoms with van der Waals surface area (Å²) in [6.07, 6.45) is 57.3. The van der Waals surface area contributed by atoms with Crippen molar-refractivity contribution < 1.29 is 37.3 Å². The summed E-state index contributed by atoms with van der Waals surface area (Å²) < 4.78 is 35.0. The number of esters is 1. The minimum absolute atomic E-state index is 0.0752. The molecule has 0 spiro atoms. The Bertz CT molecular complexity index is 1260. The van der Waals surface area contributed by atoms with Crippen molar-refractivity contribution in [3.05, 3.63) is 97.2 Å². The lowest BCUT2D eigenvalue weighted by molar-refractivity contribution is -0.870. The van der Waals surface area contributed by atoms with Gasteiger partial charge < -0.3 is 18.9 Å². The van der Waals surface area contributed by atoms with Gasteiger partial charge in [0, 0.05) is 13.0 Å². The van der Waals surface area contributed by atoms with Crippen molar-refractivity contribution in [2.75, 3.05) is 54.1 Å². The molecule has 0 aromatic heterocycles. The summed E-state index contributed by atoms with van der Waals surface area (Å²) in [6, 6.07) is 0. The first-order chi connectivity index (χ1) is 28.6. The third kappa shape index (κ3) is 46.3. The van der Waals surface area contributed by atoms with Gasteiger partial charge in [0.15, 0.2) is 0 Å². The summed E-state index contributed by atoms with van der Waals surface area (Å²) in [4.78, 5) is 22.9. The smallest absolute Gasteiger partial charge is 0.457 e. The highest BCUT2D eigenvalue weighted by atomic mass is 31.2. The van der Waals surface area contributed by atoms with Crippen LogP contribution in [0.15, 0.2) is 97.2 Å². The van der Waals surface area contributed by atoms with Crippen molar-refractivity contribution in [2.45, 2.75) is 161 Å². The number of quaternary nitrogens is 1. The van der Waals surface area contributed by atoms with E-state index in [0.717, 1.165) is 109 Å². The molecule has 0 heterocycles. The molecule has 8 nitrogen and oxygen atoms in total. The van der Waals surface area contributed by atoms with E-state index in [1.54, 1.807) is 0 Å². The zero-order valence-corrected chi connectivity index (χ0v) is 39.1. The maximum Gasteiger partial charge on any atom is 0.472 e. The Hall–Kier alpha value is -2.58. The van der Waals surface area contributed by atoms with Crippen LogP contribution in [0.1, 0.15) is 155 Å². The summed E-state index contributed by atoms with van der Waals surface area (Å²) >= 11 is 0. The number of phosphoric acid groups is 1. The van der Waals surface area contributed by atoms with E-state index in [-0.39, 0.29) is 25.8 Å². The highest BCUT2D eigenvalue weighted by molar-refractivity contribution is 7.47. The molecule has 0 bridgehead atoms. The number of unbranched alkanes of at least 4 members (excludes halogenated alkanes) is 11. The van der Waals surface area contributed by atoms with Crippen LogP contribution >= 0.6 is 7.82 Å². The van der Waals surface area contributed by atoms with Crippen LogP contribution in [0.4, 0.5) is 0 Å². The summed E-state index contributed by atoms with van der Waals surface area (Å²) in [5.41, 5.74) is 0. The first kappa shape index (κ1) is 56.4. The van der Waals surface area contributed by atoms with E-state index in [4.69, 9.17) is 18.5 Å². The van der Waals surface area contributed by atoms with E-state index in [1.807, 2.05) is 21.1 Å². The van der Waals surface area contributed by atoms with Gasteiger partial charge in [0.25, 0.3) is 0 Å². The number of ether oxygens (including phenoxy) is 2. The van der Waals surface area contributed by atoms with E-state index < -0.39 is 13.9 Å². The summed E-state index contributed by atoms with van der Waals surface area (Å²) in [6.45, 7) is 5.29. The molecule has 0 fully saturated rings. The van der Waals surface area contributed by atoms with Crippen LogP contribution in [0.2, 0.25) is 0 Å². The van der Waals surface area contributed by atoms with Gasteiger partial charge >= 0.3 is 13.8 Å². The van der Waals surface area contributed by atoms with Crippen LogP contribution in [-0.2, 0) is 27.9 Å². The van der Waals surface area contributed by atoms with Crippen molar-refractivity contribution in [1.82, 2.24) is 0 Å². The number of likely N-dealkylation sites (N-methyl/N-ethyl adjacent to an activating group) is 1. The Balaban J connectivity index is 4.31. The molecule has 0 amide bonds. The van der Waals surface area contributed by atoms with Crippen LogP contribution in [-0.4, -0.2) is 75.6 Å². The second-order valence-electron chi connectivity index (χ2n) is 16.0. The minimum atomic E-state index is -4.29. The molecule has 0 radical (unpaired) electrons. The largest absolute Gasteiger partial charge is 0.472 e. The van der Waals surface area contributed by atoms with E-state index in [9.17, 15) is 14.3 Å². The van der Waals surface area contributed by atoms with Gasteiger partial charge in [-0.2, -0.15) is 0 Å². The highest BCUT2D eigenvalue weighted by Crippen LogP contribution is 2.43. The number of rotatable bonds is 41. The van der Waals surface area contributed by atoms with E-state index in [2.05, 4.69) is 111 Å². The van der Waals surface area contributed by atoms with Crippen LogP contribution in [0.25, 0.3) is 0 Å². The lowest BCUT2D eigenvalue weighted by atomic mass is 10.1. The van der Waals surface area contributed by atoms with Gasteiger partial charge in [-0.05, 0) is 89.9 Å². The number of phosphoric ester groups is 1. The third-order valence-corrected chi connectivity index (χ3v) is 10.1. The number of nitrogens with zero attached hydrogens (tertiary/aromatic N) is 1. The van der Waals surface area contributed by atoms with Crippen LogP contribution < -0.4 is 0 Å². The Morgan fingerprint density at radius 2 is 0.932 bits per heavy atom. The van der Waals surface area contributed by atoms with Gasteiger partial charge in [-0.25, -0.2) is 4.57 Å². The van der Waals surface area contributed by atoms with Gasteiger partial charge in [0.05, 0.1) is 34.4 Å². The first-order valence-corrected chi connectivity index (χ1v) is 24.5. The van der Waals surface area contributed by atoms with Crippen molar-refractivity contribution in [3.63, 3.8) is 0 Å². The maximum atomic E-state index is 12.7. The summed E-state index contributed by atoms with van der Waals surface area (Å²) in [7, 11) is 1.62. The van der Waals surface area contributed by atoms with Crippen LogP contribution in [0.3, 0.4) is 0 Å². The SMILES string of the molecule is CC/C=C\C/C=C\C/C=C\C/C=C\C/C=C\CCCCCCOCC(COP(=O)(O)OCC[N+](C)(C)C)OC(=O)CCCCCCCCC/C=C\C/C=C\C/C=C\CC. The molecule has 0 aliphatic carbocycles. The second-order valence-corrected chi connectivity index (χ2v) is 17.5. The van der Waals surface area contributed by atoms with Gasteiger partial charge in [-0.3, -0.25) is 13.8 Å². The van der Waals surface area contributed by atoms with Crippen LogP contribution in [0.5, 0.6) is 0 Å². The van der Waals surface area contributed by atoms with Crippen molar-refractivity contribution >= 4 is 13.8 Å². The first-order valence-electron chi connectivity index (χ1n) is 23.0. The molecule has 0 saturated heterocycles. The molecule has 0 saturated carbocycles. The summed E-state index contributed by atoms with van der Waals surface area (Å²) in [5, 5.41) is 0. The highest BCUT2D eigenvalue weighted by Gasteiger charge is 2.26. The standard InChI is InChI=1S/C50H86NO7P/c1-6-8-10-12-14-16-18-20-22-24-25-26-28-30-32-34-36-38-40-42-45-55-47-49(48-57-59(53,54)56-46-44-51(3,4)5)58-50(52)43-41-39-37-35-33-31-29-27-23-21-19-17-15-13-11-9-7-2/h8-11,14-17,20-23,25-26,30,32,49H,6-7,12-13,18-19,24,27-29,31,33-48H2,1-5H3/p+1/b10-8-,11-9-,16-14-,17-15-,22-20-,23-21-,26-25-,32-30-. The lowest BCUT2D eigenvalue weighted by Gasteiger charge is -2.24. The average Bonchev–Trinajstić information content (AvgIpc) is 3.19. The molecule has 338 valence electrons. The fourth-order valence-electron chi connectivity index (χ4n) is 5.65. The fraction of sp³-hybridized carbons (Fsp3) is 0.660. The number of allylic oxidation sites excluding steroid dienone is 16. The molecule has 0 aromatic carbocycles. The normalized spacial score (nSPS) is 14.6. The number of carbonyl (C=O) groups excluding carboxylic acids is 1. The molecule has 59 heavy (non-hydrogen) atoms. The van der Waals surface area contributed by atoms with Gasteiger partial charge in [0.2, 0.25) is 0 Å². The lowest BCUT2D eigenvalue weighted by Crippen LogP contribution is -2.37. The van der Waals surface area contributed by atoms with E-state index in [0.29, 0.717) is 24.1 Å². The predicted molar refractivity (Wildman–Crippen MR) is 251 cm³/mol. The molecule has 0 aliphatic heterocycles. The van der Waals surface area contributed by atoms with Crippen molar-refractivity contribution in [2.24, 2.45) is 0 Å². The molecular weight excluding hydrogens is 758 g/mol. The topological polar surface area (TPSA) is 91.3 Å². The Labute approximate surface area is 362 Å². The van der Waals surface area contributed by atoms with E-state index in [1.165, 1.54) is 25.7 Å². The van der Waals surface area contributed by atoms with Gasteiger partial charge in [-0.1, -0.05) is 156 Å². The molecule has 0 aromatic rings. The fourth-order valence-corrected chi connectivity index (χ4v) is 6.39. The number of carbonyl (C=O) groups is 1. The Morgan fingerprint density at radius 3 is 1.39 bits per heavy atom.